The van der Waals surface area contributed by atoms with Crippen LogP contribution in [0.4, 0.5) is 5.82 Å². The largest absolute Gasteiger partial charge is 0.384 e. The third-order valence-corrected chi connectivity index (χ3v) is 3.50. The lowest BCUT2D eigenvalue weighted by molar-refractivity contribution is 0.0595. The van der Waals surface area contributed by atoms with Gasteiger partial charge < -0.3 is 10.6 Å². The van der Waals surface area contributed by atoms with Crippen LogP contribution in [-0.2, 0) is 0 Å². The van der Waals surface area contributed by atoms with E-state index in [1.54, 1.807) is 18.2 Å². The number of nitrogens with zero attached hydrogens (tertiary/aromatic N) is 2. The minimum atomic E-state index is 0. The van der Waals surface area contributed by atoms with E-state index >= 15 is 0 Å². The highest BCUT2D eigenvalue weighted by molar-refractivity contribution is 5.92. The Labute approximate surface area is 120 Å². The number of rotatable bonds is 3. The fraction of sp³-hybridized carbons (Fsp3) is 0.571. The Morgan fingerprint density at radius 1 is 1.47 bits per heavy atom. The molecule has 0 spiro atoms. The van der Waals surface area contributed by atoms with E-state index in [-0.39, 0.29) is 18.3 Å². The summed E-state index contributed by atoms with van der Waals surface area (Å²) < 4.78 is 0. The summed E-state index contributed by atoms with van der Waals surface area (Å²) in [4.78, 5) is 18.6. The highest BCUT2D eigenvalue weighted by atomic mass is 35.5. The van der Waals surface area contributed by atoms with E-state index < -0.39 is 0 Å². The van der Waals surface area contributed by atoms with Crippen molar-refractivity contribution in [2.24, 2.45) is 0 Å². The molecule has 106 valence electrons. The van der Waals surface area contributed by atoms with E-state index in [2.05, 4.69) is 11.9 Å². The predicted molar refractivity (Wildman–Crippen MR) is 79.5 cm³/mol. The minimum Gasteiger partial charge on any atom is -0.384 e. The van der Waals surface area contributed by atoms with Crippen LogP contribution in [-0.4, -0.2) is 28.4 Å². The first-order valence-electron chi connectivity index (χ1n) is 6.76. The number of pyridine rings is 1. The van der Waals surface area contributed by atoms with Gasteiger partial charge in [-0.15, -0.1) is 12.4 Å². The monoisotopic (exact) mass is 283 g/mol. The van der Waals surface area contributed by atoms with Crippen LogP contribution in [0.25, 0.3) is 0 Å². The maximum Gasteiger partial charge on any atom is 0.272 e. The van der Waals surface area contributed by atoms with E-state index in [0.29, 0.717) is 17.6 Å². The molecule has 0 aromatic carbocycles. The lowest BCUT2D eigenvalue weighted by Gasteiger charge is -2.35. The van der Waals surface area contributed by atoms with Crippen LogP contribution in [0.15, 0.2) is 18.2 Å². The van der Waals surface area contributed by atoms with Gasteiger partial charge in [-0.05, 0) is 37.8 Å². The van der Waals surface area contributed by atoms with Crippen molar-refractivity contribution in [1.29, 1.82) is 0 Å². The highest BCUT2D eigenvalue weighted by Crippen LogP contribution is 2.22. The second kappa shape index (κ2) is 7.34. The minimum absolute atomic E-state index is 0. The molecule has 0 radical (unpaired) electrons. The van der Waals surface area contributed by atoms with Gasteiger partial charge in [-0.2, -0.15) is 0 Å². The lowest BCUT2D eigenvalue weighted by atomic mass is 9.98. The molecule has 1 saturated heterocycles. The molecule has 1 aliphatic heterocycles. The van der Waals surface area contributed by atoms with Crippen molar-refractivity contribution in [2.45, 2.75) is 45.1 Å². The fourth-order valence-corrected chi connectivity index (χ4v) is 2.62. The summed E-state index contributed by atoms with van der Waals surface area (Å²) in [5, 5.41) is 0. The number of amides is 1. The number of carbonyl (C=O) groups is 1. The van der Waals surface area contributed by atoms with Crippen LogP contribution in [0.3, 0.4) is 0 Å². The van der Waals surface area contributed by atoms with Gasteiger partial charge in [0.15, 0.2) is 0 Å². The number of likely N-dealkylation sites (tertiary alicyclic amines) is 1. The van der Waals surface area contributed by atoms with Gasteiger partial charge in [0.05, 0.1) is 0 Å². The van der Waals surface area contributed by atoms with E-state index in [9.17, 15) is 4.79 Å². The Kier molecular flexibility index (Phi) is 6.09. The van der Waals surface area contributed by atoms with Crippen molar-refractivity contribution in [2.75, 3.05) is 12.3 Å². The van der Waals surface area contributed by atoms with Gasteiger partial charge in [0.25, 0.3) is 5.91 Å². The summed E-state index contributed by atoms with van der Waals surface area (Å²) in [6.45, 7) is 3.01. The Morgan fingerprint density at radius 3 is 2.95 bits per heavy atom. The van der Waals surface area contributed by atoms with Crippen LogP contribution < -0.4 is 5.73 Å². The van der Waals surface area contributed by atoms with E-state index in [1.807, 2.05) is 4.90 Å². The molecule has 19 heavy (non-hydrogen) atoms. The van der Waals surface area contributed by atoms with Gasteiger partial charge >= 0.3 is 0 Å². The maximum atomic E-state index is 12.4. The number of nitrogens with two attached hydrogens (primary N) is 1. The summed E-state index contributed by atoms with van der Waals surface area (Å²) in [7, 11) is 0. The first kappa shape index (κ1) is 15.8. The van der Waals surface area contributed by atoms with Crippen LogP contribution in [0, 0.1) is 0 Å². The van der Waals surface area contributed by atoms with Gasteiger partial charge in [-0.25, -0.2) is 4.98 Å². The summed E-state index contributed by atoms with van der Waals surface area (Å²) in [6, 6.07) is 5.61. The van der Waals surface area contributed by atoms with Crippen molar-refractivity contribution in [3.8, 4) is 0 Å². The summed E-state index contributed by atoms with van der Waals surface area (Å²) in [5.41, 5.74) is 6.11. The molecule has 0 bridgehead atoms. The zero-order chi connectivity index (χ0) is 13.0. The Hall–Kier alpha value is -1.29. The zero-order valence-electron chi connectivity index (χ0n) is 11.3. The average molecular weight is 284 g/mol. The van der Waals surface area contributed by atoms with Crippen LogP contribution in [0.5, 0.6) is 0 Å². The molecule has 2 N–H and O–H groups in total. The quantitative estimate of drug-likeness (QED) is 0.928. The molecule has 1 amide bonds. The van der Waals surface area contributed by atoms with E-state index in [0.717, 1.165) is 32.2 Å². The van der Waals surface area contributed by atoms with Gasteiger partial charge in [0, 0.05) is 12.6 Å². The molecule has 2 rings (SSSR count). The fourth-order valence-electron chi connectivity index (χ4n) is 2.62. The van der Waals surface area contributed by atoms with Gasteiger partial charge in [0.1, 0.15) is 11.5 Å². The first-order valence-corrected chi connectivity index (χ1v) is 6.76. The van der Waals surface area contributed by atoms with Gasteiger partial charge in [0.2, 0.25) is 0 Å². The van der Waals surface area contributed by atoms with Crippen LogP contribution in [0.1, 0.15) is 49.5 Å². The average Bonchev–Trinajstić information content (AvgIpc) is 2.39. The smallest absolute Gasteiger partial charge is 0.272 e. The topological polar surface area (TPSA) is 59.2 Å². The second-order valence-electron chi connectivity index (χ2n) is 4.88. The van der Waals surface area contributed by atoms with Crippen LogP contribution in [0.2, 0.25) is 0 Å². The summed E-state index contributed by atoms with van der Waals surface area (Å²) in [6.07, 6.45) is 5.61. The SMILES string of the molecule is CCCC1CCCCN1C(=O)c1cccc(N)n1.Cl. The zero-order valence-corrected chi connectivity index (χ0v) is 12.2. The highest BCUT2D eigenvalue weighted by Gasteiger charge is 2.27. The molecule has 0 aliphatic carbocycles. The molecule has 4 nitrogen and oxygen atoms in total. The normalized spacial score (nSPS) is 18.8. The van der Waals surface area contributed by atoms with Crippen molar-refractivity contribution < 1.29 is 4.79 Å². The molecular weight excluding hydrogens is 262 g/mol. The number of nitrogen functional groups attached to an aromatic ring is 1. The molecule has 1 atom stereocenters. The van der Waals surface area contributed by atoms with Gasteiger partial charge in [-0.1, -0.05) is 19.4 Å². The molecule has 1 aromatic rings. The Morgan fingerprint density at radius 2 is 2.26 bits per heavy atom. The van der Waals surface area contributed by atoms with Gasteiger partial charge in [-0.3, -0.25) is 4.79 Å². The molecule has 1 fully saturated rings. The van der Waals surface area contributed by atoms with Crippen molar-refractivity contribution in [1.82, 2.24) is 9.88 Å². The number of hydrogen-bond donors (Lipinski definition) is 1. The first-order chi connectivity index (χ1) is 8.72. The van der Waals surface area contributed by atoms with Crippen molar-refractivity contribution >= 4 is 24.1 Å². The molecule has 1 aliphatic rings. The lowest BCUT2D eigenvalue weighted by Crippen LogP contribution is -2.44. The molecule has 5 heteroatoms. The van der Waals surface area contributed by atoms with Crippen LogP contribution >= 0.6 is 12.4 Å². The molecular formula is C14H22ClN3O. The van der Waals surface area contributed by atoms with Crippen molar-refractivity contribution in [3.63, 3.8) is 0 Å². The molecule has 2 heterocycles. The summed E-state index contributed by atoms with van der Waals surface area (Å²) in [5.74, 6) is 0.436. The molecule has 0 saturated carbocycles. The molecule has 1 unspecified atom stereocenters. The summed E-state index contributed by atoms with van der Waals surface area (Å²) >= 11 is 0. The number of aromatic nitrogens is 1. The maximum absolute atomic E-state index is 12.4. The molecule has 1 aromatic heterocycles. The number of piperidine rings is 1. The Bertz CT molecular complexity index is 423. The van der Waals surface area contributed by atoms with E-state index in [1.165, 1.54) is 6.42 Å². The third-order valence-electron chi connectivity index (χ3n) is 3.50. The van der Waals surface area contributed by atoms with E-state index in [4.69, 9.17) is 5.73 Å². The number of halogens is 1. The third kappa shape index (κ3) is 3.83. The Balaban J connectivity index is 0.00000180. The van der Waals surface area contributed by atoms with Crippen molar-refractivity contribution in [3.05, 3.63) is 23.9 Å². The second-order valence-corrected chi connectivity index (χ2v) is 4.88. The number of anilines is 1. The predicted octanol–water partition coefficient (Wildman–Crippen LogP) is 2.88. The number of carbonyl (C=O) groups excluding carboxylic acids is 1. The standard InChI is InChI=1S/C14H21N3O.ClH/c1-2-6-11-7-3-4-10-17(11)14(18)12-8-5-9-13(15)16-12;/h5,8-9,11H,2-4,6-7,10H2,1H3,(H2,15,16);1H. The number of hydrogen-bond acceptors (Lipinski definition) is 3.